The van der Waals surface area contributed by atoms with Crippen LogP contribution in [0.5, 0.6) is 5.75 Å². The number of nitrogens with one attached hydrogen (secondary N) is 2. The SMILES string of the molecule is CCNCCCNc1cc(C)ncc1OC. The number of hydrogen-bond donors (Lipinski definition) is 2. The number of anilines is 1. The van der Waals surface area contributed by atoms with Crippen molar-refractivity contribution in [2.24, 2.45) is 0 Å². The third-order valence-electron chi connectivity index (χ3n) is 2.32. The maximum Gasteiger partial charge on any atom is 0.160 e. The number of pyridine rings is 1. The van der Waals surface area contributed by atoms with E-state index in [0.717, 1.165) is 43.2 Å². The molecule has 0 unspecified atom stereocenters. The summed E-state index contributed by atoms with van der Waals surface area (Å²) in [5.74, 6) is 0.800. The van der Waals surface area contributed by atoms with Crippen molar-refractivity contribution in [1.29, 1.82) is 0 Å². The van der Waals surface area contributed by atoms with E-state index in [-0.39, 0.29) is 0 Å². The first kappa shape index (κ1) is 12.8. The maximum absolute atomic E-state index is 5.24. The van der Waals surface area contributed by atoms with Gasteiger partial charge in [-0.2, -0.15) is 0 Å². The molecule has 0 saturated carbocycles. The largest absolute Gasteiger partial charge is 0.493 e. The first-order chi connectivity index (χ1) is 7.77. The molecule has 0 saturated heterocycles. The minimum absolute atomic E-state index is 0.800. The normalized spacial score (nSPS) is 10.2. The van der Waals surface area contributed by atoms with Gasteiger partial charge in [-0.15, -0.1) is 0 Å². The summed E-state index contributed by atoms with van der Waals surface area (Å²) in [4.78, 5) is 4.19. The van der Waals surface area contributed by atoms with Crippen molar-refractivity contribution in [2.75, 3.05) is 32.1 Å². The fraction of sp³-hybridized carbons (Fsp3) is 0.583. The standard InChI is InChI=1S/C12H21N3O/c1-4-13-6-5-7-14-11-8-10(2)15-9-12(11)16-3/h8-9,13H,4-7H2,1-3H3,(H,14,15). The molecule has 0 atom stereocenters. The molecule has 90 valence electrons. The summed E-state index contributed by atoms with van der Waals surface area (Å²) in [6.07, 6.45) is 2.85. The van der Waals surface area contributed by atoms with E-state index in [4.69, 9.17) is 4.74 Å². The number of nitrogens with zero attached hydrogens (tertiary/aromatic N) is 1. The van der Waals surface area contributed by atoms with Crippen LogP contribution < -0.4 is 15.4 Å². The molecular weight excluding hydrogens is 202 g/mol. The molecule has 1 aromatic rings. The molecule has 1 heterocycles. The van der Waals surface area contributed by atoms with Crippen molar-refractivity contribution in [3.8, 4) is 5.75 Å². The Morgan fingerprint density at radius 2 is 2.19 bits per heavy atom. The highest BCUT2D eigenvalue weighted by Crippen LogP contribution is 2.23. The molecule has 2 N–H and O–H groups in total. The maximum atomic E-state index is 5.24. The lowest BCUT2D eigenvalue weighted by molar-refractivity contribution is 0.414. The Morgan fingerprint density at radius 1 is 1.38 bits per heavy atom. The lowest BCUT2D eigenvalue weighted by Crippen LogP contribution is -2.17. The number of rotatable bonds is 7. The van der Waals surface area contributed by atoms with Crippen molar-refractivity contribution < 1.29 is 4.74 Å². The summed E-state index contributed by atoms with van der Waals surface area (Å²) in [5.41, 5.74) is 2.02. The van der Waals surface area contributed by atoms with Crippen LogP contribution in [0.15, 0.2) is 12.3 Å². The van der Waals surface area contributed by atoms with Gasteiger partial charge < -0.3 is 15.4 Å². The molecule has 16 heavy (non-hydrogen) atoms. The van der Waals surface area contributed by atoms with E-state index in [0.29, 0.717) is 0 Å². The summed E-state index contributed by atoms with van der Waals surface area (Å²) < 4.78 is 5.24. The van der Waals surface area contributed by atoms with Crippen LogP contribution in [0.25, 0.3) is 0 Å². The Hall–Kier alpha value is -1.29. The lowest BCUT2D eigenvalue weighted by atomic mass is 10.3. The lowest BCUT2D eigenvalue weighted by Gasteiger charge is -2.11. The van der Waals surface area contributed by atoms with Crippen LogP contribution >= 0.6 is 0 Å². The highest BCUT2D eigenvalue weighted by atomic mass is 16.5. The van der Waals surface area contributed by atoms with Crippen LogP contribution in [0, 0.1) is 6.92 Å². The van der Waals surface area contributed by atoms with Crippen molar-refractivity contribution in [1.82, 2.24) is 10.3 Å². The van der Waals surface area contributed by atoms with Gasteiger partial charge in [0.25, 0.3) is 0 Å². The van der Waals surface area contributed by atoms with Gasteiger partial charge in [0.2, 0.25) is 0 Å². The molecular formula is C12H21N3O. The minimum Gasteiger partial charge on any atom is -0.493 e. The van der Waals surface area contributed by atoms with Crippen LogP contribution in [0.3, 0.4) is 0 Å². The van der Waals surface area contributed by atoms with Crippen LogP contribution in [0.4, 0.5) is 5.69 Å². The Balaban J connectivity index is 2.42. The third-order valence-corrected chi connectivity index (χ3v) is 2.32. The summed E-state index contributed by atoms with van der Waals surface area (Å²) in [6, 6.07) is 2.01. The summed E-state index contributed by atoms with van der Waals surface area (Å²) in [5, 5.41) is 6.65. The minimum atomic E-state index is 0.800. The van der Waals surface area contributed by atoms with Gasteiger partial charge in [-0.1, -0.05) is 6.92 Å². The van der Waals surface area contributed by atoms with Crippen molar-refractivity contribution >= 4 is 5.69 Å². The van der Waals surface area contributed by atoms with Gasteiger partial charge in [-0.25, -0.2) is 0 Å². The highest BCUT2D eigenvalue weighted by Gasteiger charge is 2.02. The molecule has 0 amide bonds. The molecule has 0 fully saturated rings. The van der Waals surface area contributed by atoms with Gasteiger partial charge in [0.15, 0.2) is 5.75 Å². The molecule has 0 spiro atoms. The van der Waals surface area contributed by atoms with Gasteiger partial charge in [-0.05, 0) is 32.5 Å². The first-order valence-electron chi connectivity index (χ1n) is 5.73. The highest BCUT2D eigenvalue weighted by molar-refractivity contribution is 5.55. The second kappa shape index (κ2) is 7.06. The van der Waals surface area contributed by atoms with Crippen LogP contribution in [0.2, 0.25) is 0 Å². The molecule has 0 aromatic carbocycles. The fourth-order valence-corrected chi connectivity index (χ4v) is 1.46. The molecule has 4 heteroatoms. The van der Waals surface area contributed by atoms with Crippen molar-refractivity contribution in [3.63, 3.8) is 0 Å². The van der Waals surface area contributed by atoms with Crippen molar-refractivity contribution in [2.45, 2.75) is 20.3 Å². The van der Waals surface area contributed by atoms with E-state index in [9.17, 15) is 0 Å². The molecule has 0 aliphatic heterocycles. The molecule has 1 rings (SSSR count). The third kappa shape index (κ3) is 4.06. The average molecular weight is 223 g/mol. The Labute approximate surface area is 97.4 Å². The molecule has 1 aromatic heterocycles. The first-order valence-corrected chi connectivity index (χ1v) is 5.73. The quantitative estimate of drug-likeness (QED) is 0.692. The molecule has 0 radical (unpaired) electrons. The Morgan fingerprint density at radius 3 is 2.88 bits per heavy atom. The summed E-state index contributed by atoms with van der Waals surface area (Å²) >= 11 is 0. The predicted molar refractivity (Wildman–Crippen MR) is 67.2 cm³/mol. The second-order valence-electron chi connectivity index (χ2n) is 3.66. The predicted octanol–water partition coefficient (Wildman–Crippen LogP) is 1.81. The van der Waals surface area contributed by atoms with Gasteiger partial charge in [0, 0.05) is 12.2 Å². The Bertz CT molecular complexity index is 315. The molecule has 0 aliphatic carbocycles. The zero-order valence-electron chi connectivity index (χ0n) is 10.3. The molecule has 4 nitrogen and oxygen atoms in total. The van der Waals surface area contributed by atoms with Crippen molar-refractivity contribution in [3.05, 3.63) is 18.0 Å². The zero-order chi connectivity index (χ0) is 11.8. The van der Waals surface area contributed by atoms with E-state index >= 15 is 0 Å². The van der Waals surface area contributed by atoms with Crippen LogP contribution in [-0.4, -0.2) is 31.7 Å². The van der Waals surface area contributed by atoms with E-state index < -0.39 is 0 Å². The number of aryl methyl sites for hydroxylation is 1. The molecule has 0 aliphatic rings. The Kier molecular flexibility index (Phi) is 5.64. The topological polar surface area (TPSA) is 46.2 Å². The monoisotopic (exact) mass is 223 g/mol. The summed E-state index contributed by atoms with van der Waals surface area (Å²) in [6.45, 7) is 7.09. The van der Waals surface area contributed by atoms with Gasteiger partial charge >= 0.3 is 0 Å². The van der Waals surface area contributed by atoms with Crippen LogP contribution in [0.1, 0.15) is 19.0 Å². The zero-order valence-corrected chi connectivity index (χ0v) is 10.3. The fourth-order valence-electron chi connectivity index (χ4n) is 1.46. The van der Waals surface area contributed by atoms with Gasteiger partial charge in [0.05, 0.1) is 19.0 Å². The number of methoxy groups -OCH3 is 1. The van der Waals surface area contributed by atoms with Crippen LogP contribution in [-0.2, 0) is 0 Å². The second-order valence-corrected chi connectivity index (χ2v) is 3.66. The molecule has 0 bridgehead atoms. The average Bonchev–Trinajstić information content (AvgIpc) is 2.29. The smallest absolute Gasteiger partial charge is 0.160 e. The van der Waals surface area contributed by atoms with Gasteiger partial charge in [-0.3, -0.25) is 4.98 Å². The van der Waals surface area contributed by atoms with E-state index in [1.807, 2.05) is 13.0 Å². The van der Waals surface area contributed by atoms with E-state index in [1.165, 1.54) is 0 Å². The van der Waals surface area contributed by atoms with E-state index in [1.54, 1.807) is 13.3 Å². The van der Waals surface area contributed by atoms with E-state index in [2.05, 4.69) is 22.5 Å². The number of ether oxygens (including phenoxy) is 1. The summed E-state index contributed by atoms with van der Waals surface area (Å²) in [7, 11) is 1.66. The van der Waals surface area contributed by atoms with Gasteiger partial charge in [0.1, 0.15) is 0 Å². The number of hydrogen-bond acceptors (Lipinski definition) is 4. The number of aromatic nitrogens is 1.